The number of nitrogens with one attached hydrogen (secondary N) is 3. The van der Waals surface area contributed by atoms with Crippen molar-refractivity contribution in [1.29, 1.82) is 0 Å². The van der Waals surface area contributed by atoms with Crippen LogP contribution in [0.4, 0.5) is 38.0 Å². The van der Waals surface area contributed by atoms with Gasteiger partial charge in [-0.3, -0.25) is 9.69 Å². The summed E-state index contributed by atoms with van der Waals surface area (Å²) in [6.45, 7) is 0.566. The molecule has 0 aromatic heterocycles. The second-order valence-electron chi connectivity index (χ2n) is 8.68. The van der Waals surface area contributed by atoms with E-state index in [4.69, 9.17) is 10.5 Å². The SMILES string of the molecule is COc1cc2c(cc1Nc1nc(Nc3cccc(F)c3C(N)=O)c3ccnc-3[nH]1)N(C(=O)N(C)C)CC2. The number of amides is 3. The summed E-state index contributed by atoms with van der Waals surface area (Å²) in [6, 6.07) is 9.51. The van der Waals surface area contributed by atoms with Gasteiger partial charge < -0.3 is 31.0 Å². The Bertz CT molecular complexity index is 1480. The molecule has 0 fully saturated rings. The fourth-order valence-electron chi connectivity index (χ4n) is 4.35. The van der Waals surface area contributed by atoms with Crippen molar-refractivity contribution in [2.75, 3.05) is 43.3 Å². The summed E-state index contributed by atoms with van der Waals surface area (Å²) in [4.78, 5) is 39.8. The van der Waals surface area contributed by atoms with Crippen LogP contribution < -0.4 is 26.0 Å². The highest BCUT2D eigenvalue weighted by molar-refractivity contribution is 6.00. The van der Waals surface area contributed by atoms with Crippen molar-refractivity contribution in [2.45, 2.75) is 6.42 Å². The van der Waals surface area contributed by atoms with Crippen LogP contribution in [0.1, 0.15) is 15.9 Å². The Morgan fingerprint density at radius 2 is 2.00 bits per heavy atom. The molecule has 0 aliphatic carbocycles. The second-order valence-corrected chi connectivity index (χ2v) is 8.68. The Morgan fingerprint density at radius 1 is 1.19 bits per heavy atom. The topological polar surface area (TPSA) is 142 Å². The number of nitrogens with zero attached hydrogens (tertiary/aromatic N) is 4. The van der Waals surface area contributed by atoms with Crippen LogP contribution in [0.3, 0.4) is 0 Å². The zero-order valence-electron chi connectivity index (χ0n) is 20.4. The summed E-state index contributed by atoms with van der Waals surface area (Å²) in [5, 5.41) is 6.22. The van der Waals surface area contributed by atoms with Crippen molar-refractivity contribution in [1.82, 2.24) is 19.9 Å². The molecule has 2 aromatic carbocycles. The lowest BCUT2D eigenvalue weighted by molar-refractivity contribution is 0.0997. The van der Waals surface area contributed by atoms with Crippen LogP contribution in [-0.4, -0.2) is 59.5 Å². The first-order valence-electron chi connectivity index (χ1n) is 11.4. The molecule has 3 heterocycles. The number of primary amides is 1. The number of rotatable bonds is 6. The van der Waals surface area contributed by atoms with E-state index in [-0.39, 0.29) is 17.3 Å². The third-order valence-electron chi connectivity index (χ3n) is 6.09. The van der Waals surface area contributed by atoms with Crippen molar-refractivity contribution in [3.63, 3.8) is 0 Å². The van der Waals surface area contributed by atoms with Crippen molar-refractivity contribution >= 4 is 40.8 Å². The molecule has 190 valence electrons. The Morgan fingerprint density at radius 3 is 2.73 bits per heavy atom. The molecule has 2 aromatic rings. The second kappa shape index (κ2) is 9.30. The molecule has 37 heavy (non-hydrogen) atoms. The number of aromatic nitrogens is 3. The van der Waals surface area contributed by atoms with E-state index in [1.54, 1.807) is 38.4 Å². The van der Waals surface area contributed by atoms with Gasteiger partial charge in [0.2, 0.25) is 5.95 Å². The van der Waals surface area contributed by atoms with E-state index in [0.717, 1.165) is 17.3 Å². The average Bonchev–Trinajstić information content (AvgIpc) is 3.49. The fraction of sp³-hybridized carbons (Fsp3) is 0.200. The Balaban J connectivity index is 1.54. The Labute approximate surface area is 211 Å². The maximum Gasteiger partial charge on any atom is 0.323 e. The van der Waals surface area contributed by atoms with E-state index in [0.29, 0.717) is 47.6 Å². The maximum absolute atomic E-state index is 14.3. The lowest BCUT2D eigenvalue weighted by Gasteiger charge is -2.23. The third kappa shape index (κ3) is 4.33. The summed E-state index contributed by atoms with van der Waals surface area (Å²) in [7, 11) is 4.98. The van der Waals surface area contributed by atoms with Crippen LogP contribution in [0.25, 0.3) is 11.4 Å². The quantitative estimate of drug-likeness (QED) is 0.314. The predicted molar refractivity (Wildman–Crippen MR) is 138 cm³/mol. The van der Waals surface area contributed by atoms with Gasteiger partial charge in [0.15, 0.2) is 0 Å². The summed E-state index contributed by atoms with van der Waals surface area (Å²) in [5.41, 5.74) is 8.27. The van der Waals surface area contributed by atoms with E-state index in [1.807, 2.05) is 12.1 Å². The monoisotopic (exact) mass is 504 g/mol. The normalized spacial score (nSPS) is 12.4. The predicted octanol–water partition coefficient (Wildman–Crippen LogP) is 3.69. The number of hydrogen-bond donors (Lipinski definition) is 4. The number of halogens is 1. The largest absolute Gasteiger partial charge is 0.495 e. The van der Waals surface area contributed by atoms with Gasteiger partial charge in [-0.15, -0.1) is 0 Å². The standard InChI is InChI=1S/C25H25FN8O3/c1-33(2)25(36)34-10-8-13-11-19(37-3)17(12-18(13)34)30-24-31-22-14(7-9-28-22)23(32-24)29-16-6-4-5-15(26)20(16)21(27)35/h4-7,9,11-12H,8,10H2,1-3H3,(H2,27,35)(H3,28,29,30,31,32). The van der Waals surface area contributed by atoms with Gasteiger partial charge >= 0.3 is 6.03 Å². The van der Waals surface area contributed by atoms with E-state index < -0.39 is 11.7 Å². The molecule has 12 heteroatoms. The number of benzene rings is 2. The molecule has 0 saturated carbocycles. The van der Waals surface area contributed by atoms with Crippen molar-refractivity contribution in [3.8, 4) is 17.1 Å². The van der Waals surface area contributed by atoms with E-state index in [2.05, 4.69) is 25.6 Å². The number of nitrogens with two attached hydrogens (primary N) is 1. The van der Waals surface area contributed by atoms with E-state index in [9.17, 15) is 14.0 Å². The molecule has 0 unspecified atom stereocenters. The minimum atomic E-state index is -0.905. The van der Waals surface area contributed by atoms with Gasteiger partial charge in [-0.05, 0) is 42.3 Å². The molecular weight excluding hydrogens is 479 g/mol. The number of carbonyl (C=O) groups is 2. The first kappa shape index (κ1) is 23.9. The molecule has 5 rings (SSSR count). The van der Waals surface area contributed by atoms with Crippen LogP contribution in [0.2, 0.25) is 0 Å². The molecule has 3 amide bonds. The summed E-state index contributed by atoms with van der Waals surface area (Å²) in [5.74, 6) is 0.0488. The minimum Gasteiger partial charge on any atom is -0.495 e. The van der Waals surface area contributed by atoms with Crippen LogP contribution in [0, 0.1) is 5.82 Å². The highest BCUT2D eigenvalue weighted by Gasteiger charge is 2.28. The fourth-order valence-corrected chi connectivity index (χ4v) is 4.35. The minimum absolute atomic E-state index is 0.117. The zero-order valence-corrected chi connectivity index (χ0v) is 20.4. The van der Waals surface area contributed by atoms with Crippen LogP contribution in [0.5, 0.6) is 5.75 Å². The maximum atomic E-state index is 14.3. The Kier molecular flexibility index (Phi) is 5.99. The number of urea groups is 1. The van der Waals surface area contributed by atoms with Gasteiger partial charge in [0.25, 0.3) is 5.91 Å². The molecule has 0 saturated heterocycles. The van der Waals surface area contributed by atoms with Gasteiger partial charge in [-0.1, -0.05) is 6.07 Å². The van der Waals surface area contributed by atoms with Gasteiger partial charge in [-0.25, -0.2) is 14.2 Å². The number of fused-ring (bicyclic) bond motifs is 2. The Hall–Kier alpha value is -4.87. The molecule has 0 spiro atoms. The highest BCUT2D eigenvalue weighted by Crippen LogP contribution is 2.39. The molecule has 0 radical (unpaired) electrons. The van der Waals surface area contributed by atoms with E-state index in [1.165, 1.54) is 17.0 Å². The average molecular weight is 505 g/mol. The lowest BCUT2D eigenvalue weighted by Crippen LogP contribution is -2.38. The van der Waals surface area contributed by atoms with Gasteiger partial charge in [-0.2, -0.15) is 4.98 Å². The van der Waals surface area contributed by atoms with Crippen molar-refractivity contribution < 1.29 is 18.7 Å². The van der Waals surface area contributed by atoms with Gasteiger partial charge in [0.1, 0.15) is 23.2 Å². The lowest BCUT2D eigenvalue weighted by atomic mass is 10.1. The summed E-state index contributed by atoms with van der Waals surface area (Å²) >= 11 is 0. The number of carbonyl (C=O) groups excluding carboxylic acids is 2. The van der Waals surface area contributed by atoms with E-state index >= 15 is 0 Å². The molecule has 11 nitrogen and oxygen atoms in total. The number of ether oxygens (including phenoxy) is 1. The summed E-state index contributed by atoms with van der Waals surface area (Å²) < 4.78 is 19.9. The van der Waals surface area contributed by atoms with Crippen molar-refractivity contribution in [3.05, 3.63) is 59.5 Å². The number of H-pyrrole nitrogens is 1. The number of anilines is 5. The molecule has 0 atom stereocenters. The van der Waals surface area contributed by atoms with Gasteiger partial charge in [0.05, 0.1) is 35.3 Å². The molecule has 3 aliphatic rings. The molecule has 5 N–H and O–H groups in total. The van der Waals surface area contributed by atoms with Gasteiger partial charge in [0, 0.05) is 26.8 Å². The summed E-state index contributed by atoms with van der Waals surface area (Å²) in [6.07, 6.45) is 2.31. The van der Waals surface area contributed by atoms with Crippen LogP contribution in [0.15, 0.2) is 42.6 Å². The van der Waals surface area contributed by atoms with Crippen LogP contribution in [-0.2, 0) is 6.42 Å². The number of methoxy groups -OCH3 is 1. The highest BCUT2D eigenvalue weighted by atomic mass is 19.1. The smallest absolute Gasteiger partial charge is 0.323 e. The number of aromatic amines is 1. The molecule has 3 aliphatic heterocycles. The first-order valence-corrected chi connectivity index (χ1v) is 11.4. The molecule has 0 bridgehead atoms. The van der Waals surface area contributed by atoms with Crippen LogP contribution >= 0.6 is 0 Å². The first-order chi connectivity index (χ1) is 17.8. The number of hydrogen-bond acceptors (Lipinski definition) is 7. The zero-order chi connectivity index (χ0) is 26.3. The molecular formula is C25H25FN8O3. The van der Waals surface area contributed by atoms with Crippen molar-refractivity contribution in [2.24, 2.45) is 5.73 Å². The third-order valence-corrected chi connectivity index (χ3v) is 6.09.